The van der Waals surface area contributed by atoms with E-state index in [1.165, 1.54) is 12.3 Å². The van der Waals surface area contributed by atoms with Crippen LogP contribution in [0.2, 0.25) is 0 Å². The summed E-state index contributed by atoms with van der Waals surface area (Å²) in [5.74, 6) is -0.475. The molecule has 3 aromatic rings. The van der Waals surface area contributed by atoms with Crippen LogP contribution in [0.25, 0.3) is 6.08 Å². The van der Waals surface area contributed by atoms with Crippen molar-refractivity contribution in [2.24, 2.45) is 0 Å². The van der Waals surface area contributed by atoms with E-state index in [2.05, 4.69) is 15.6 Å². The van der Waals surface area contributed by atoms with Gasteiger partial charge in [-0.25, -0.2) is 4.98 Å². The third-order valence-electron chi connectivity index (χ3n) is 4.62. The Hall–Kier alpha value is -3.64. The van der Waals surface area contributed by atoms with Gasteiger partial charge >= 0.3 is 6.18 Å². The summed E-state index contributed by atoms with van der Waals surface area (Å²) >= 11 is 1.98. The van der Waals surface area contributed by atoms with E-state index in [1.807, 2.05) is 0 Å². The number of imide groups is 1. The van der Waals surface area contributed by atoms with E-state index in [0.717, 1.165) is 35.2 Å². The molecule has 0 bridgehead atoms. The molecule has 1 aromatic heterocycles. The lowest BCUT2D eigenvalue weighted by Gasteiger charge is -2.08. The average Bonchev–Trinajstić information content (AvgIpc) is 3.37. The number of alkyl halides is 3. The second-order valence-electron chi connectivity index (χ2n) is 7.26. The predicted octanol–water partition coefficient (Wildman–Crippen LogP) is 5.09. The van der Waals surface area contributed by atoms with Gasteiger partial charge < -0.3 is 4.74 Å². The number of thioether (sulfide) groups is 1. The zero-order chi connectivity index (χ0) is 25.0. The normalized spacial score (nSPS) is 14.8. The van der Waals surface area contributed by atoms with Crippen LogP contribution in [-0.4, -0.2) is 28.6 Å². The molecular weight excluding hydrogens is 503 g/mol. The van der Waals surface area contributed by atoms with Gasteiger partial charge in [0.2, 0.25) is 0 Å². The van der Waals surface area contributed by atoms with E-state index in [0.29, 0.717) is 31.8 Å². The first-order chi connectivity index (χ1) is 16.7. The van der Waals surface area contributed by atoms with Crippen molar-refractivity contribution in [2.45, 2.75) is 12.6 Å². The van der Waals surface area contributed by atoms with Gasteiger partial charge in [0.1, 0.15) is 5.75 Å². The average molecular weight is 520 g/mol. The van der Waals surface area contributed by atoms with Crippen LogP contribution in [0.4, 0.5) is 23.1 Å². The highest BCUT2D eigenvalue weighted by atomic mass is 32.2. The summed E-state index contributed by atoms with van der Waals surface area (Å²) in [7, 11) is 0. The molecule has 0 aliphatic carbocycles. The minimum Gasteiger partial charge on any atom is -0.484 e. The number of nitrogens with one attached hydrogen (secondary N) is 2. The minimum atomic E-state index is -4.41. The summed E-state index contributed by atoms with van der Waals surface area (Å²) in [6.07, 6.45) is -1.08. The van der Waals surface area contributed by atoms with Crippen molar-refractivity contribution in [3.63, 3.8) is 0 Å². The number of rotatable bonds is 7. The molecule has 1 aliphatic rings. The third kappa shape index (κ3) is 6.70. The number of benzene rings is 2. The van der Waals surface area contributed by atoms with Gasteiger partial charge in [0.15, 0.2) is 11.7 Å². The van der Waals surface area contributed by atoms with Crippen LogP contribution in [0, 0.1) is 0 Å². The van der Waals surface area contributed by atoms with Gasteiger partial charge in [-0.1, -0.05) is 30.3 Å². The highest BCUT2D eigenvalue weighted by Gasteiger charge is 2.30. The first-order valence-electron chi connectivity index (χ1n) is 10.0. The fourth-order valence-electron chi connectivity index (χ4n) is 3.04. The van der Waals surface area contributed by atoms with Crippen LogP contribution in [-0.2, 0) is 22.2 Å². The Labute approximate surface area is 205 Å². The maximum Gasteiger partial charge on any atom is 0.416 e. The standard InChI is InChI=1S/C23H16F3N3O4S2/c24-23(25,26)15-3-1-2-14(8-15)9-17-11-27-21(34-17)28-19(30)12-33-16-6-4-13(5-7-16)10-18-20(31)29-22(32)35-18/h1-8,10-11H,9,12H2,(H,27,28,30)(H,29,31,32)/b18-10-. The van der Waals surface area contributed by atoms with Crippen molar-refractivity contribution in [1.82, 2.24) is 10.3 Å². The second kappa shape index (κ2) is 10.3. The number of nitrogens with zero attached hydrogens (tertiary/aromatic N) is 1. The molecule has 0 saturated carbocycles. The van der Waals surface area contributed by atoms with Crippen molar-refractivity contribution >= 4 is 51.4 Å². The molecular formula is C23H16F3N3O4S2. The van der Waals surface area contributed by atoms with Crippen molar-refractivity contribution in [2.75, 3.05) is 11.9 Å². The van der Waals surface area contributed by atoms with Gasteiger partial charge in [0, 0.05) is 17.5 Å². The molecule has 1 aliphatic heterocycles. The number of aromatic nitrogens is 1. The Morgan fingerprint density at radius 2 is 1.91 bits per heavy atom. The van der Waals surface area contributed by atoms with Crippen molar-refractivity contribution in [1.29, 1.82) is 0 Å². The summed E-state index contributed by atoms with van der Waals surface area (Å²) in [6.45, 7) is -0.282. The van der Waals surface area contributed by atoms with E-state index >= 15 is 0 Å². The largest absolute Gasteiger partial charge is 0.484 e. The van der Waals surface area contributed by atoms with Gasteiger partial charge in [0.05, 0.1) is 10.5 Å². The molecule has 0 unspecified atom stereocenters. The van der Waals surface area contributed by atoms with Gasteiger partial charge in [-0.15, -0.1) is 11.3 Å². The summed E-state index contributed by atoms with van der Waals surface area (Å²) in [6, 6.07) is 11.7. The highest BCUT2D eigenvalue weighted by Crippen LogP contribution is 2.31. The predicted molar refractivity (Wildman–Crippen MR) is 126 cm³/mol. The molecule has 0 spiro atoms. The van der Waals surface area contributed by atoms with Crippen LogP contribution in [0.5, 0.6) is 5.75 Å². The molecule has 7 nitrogen and oxygen atoms in total. The first kappa shape index (κ1) is 24.5. The van der Waals surface area contributed by atoms with Crippen molar-refractivity contribution in [3.8, 4) is 5.75 Å². The highest BCUT2D eigenvalue weighted by molar-refractivity contribution is 8.18. The number of hydrogen-bond acceptors (Lipinski definition) is 7. The number of ether oxygens (including phenoxy) is 1. The second-order valence-corrected chi connectivity index (χ2v) is 9.39. The van der Waals surface area contributed by atoms with Crippen LogP contribution in [0.3, 0.4) is 0 Å². The number of thiazole rings is 1. The van der Waals surface area contributed by atoms with Crippen LogP contribution in [0.1, 0.15) is 21.6 Å². The van der Waals surface area contributed by atoms with E-state index in [-0.39, 0.29) is 13.0 Å². The van der Waals surface area contributed by atoms with Crippen molar-refractivity contribution < 1.29 is 32.3 Å². The molecule has 1 saturated heterocycles. The summed E-state index contributed by atoms with van der Waals surface area (Å²) in [5.41, 5.74) is 0.459. The van der Waals surface area contributed by atoms with Gasteiger partial charge in [-0.3, -0.25) is 25.0 Å². The number of halogens is 3. The first-order valence-corrected chi connectivity index (χ1v) is 11.7. The summed E-state index contributed by atoms with van der Waals surface area (Å²) < 4.78 is 44.1. The maximum atomic E-state index is 12.9. The quantitative estimate of drug-likeness (QED) is 0.422. The number of carbonyl (C=O) groups is 3. The van der Waals surface area contributed by atoms with Gasteiger partial charge in [-0.2, -0.15) is 13.2 Å². The fraction of sp³-hybridized carbons (Fsp3) is 0.130. The number of hydrogen-bond donors (Lipinski definition) is 2. The molecule has 4 rings (SSSR count). The van der Waals surface area contributed by atoms with E-state index in [9.17, 15) is 27.6 Å². The third-order valence-corrected chi connectivity index (χ3v) is 6.35. The maximum absolute atomic E-state index is 12.9. The Morgan fingerprint density at radius 1 is 1.14 bits per heavy atom. The lowest BCUT2D eigenvalue weighted by atomic mass is 10.1. The SMILES string of the molecule is O=C(COc1ccc(/C=C2\SC(=O)NC2=O)cc1)Nc1ncc(Cc2cccc(C(F)(F)F)c2)s1. The monoisotopic (exact) mass is 519 g/mol. The van der Waals surface area contributed by atoms with E-state index in [4.69, 9.17) is 4.74 Å². The molecule has 3 amide bonds. The van der Waals surface area contributed by atoms with Crippen LogP contribution in [0.15, 0.2) is 59.6 Å². The zero-order valence-electron chi connectivity index (χ0n) is 17.7. The zero-order valence-corrected chi connectivity index (χ0v) is 19.4. The van der Waals surface area contributed by atoms with E-state index in [1.54, 1.807) is 36.4 Å². The Bertz CT molecular complexity index is 1300. The number of anilines is 1. The molecule has 0 atom stereocenters. The topological polar surface area (TPSA) is 97.4 Å². The smallest absolute Gasteiger partial charge is 0.416 e. The molecule has 2 N–H and O–H groups in total. The fourth-order valence-corrected chi connectivity index (χ4v) is 4.59. The minimum absolute atomic E-state index is 0.255. The lowest BCUT2D eigenvalue weighted by molar-refractivity contribution is -0.137. The van der Waals surface area contributed by atoms with Crippen molar-refractivity contribution in [3.05, 3.63) is 81.2 Å². The van der Waals surface area contributed by atoms with Crippen LogP contribution >= 0.6 is 23.1 Å². The molecule has 0 radical (unpaired) electrons. The Balaban J connectivity index is 1.28. The summed E-state index contributed by atoms with van der Waals surface area (Å²) in [5, 5.41) is 4.66. The van der Waals surface area contributed by atoms with Gasteiger partial charge in [-0.05, 0) is 47.2 Å². The Morgan fingerprint density at radius 3 is 2.60 bits per heavy atom. The Kier molecular flexibility index (Phi) is 7.22. The number of amides is 3. The lowest BCUT2D eigenvalue weighted by Crippen LogP contribution is -2.19. The molecule has 2 aromatic carbocycles. The molecule has 1 fully saturated rings. The molecule has 35 heavy (non-hydrogen) atoms. The molecule has 12 heteroatoms. The van der Waals surface area contributed by atoms with E-state index < -0.39 is 28.8 Å². The molecule has 180 valence electrons. The van der Waals surface area contributed by atoms with Gasteiger partial charge in [0.25, 0.3) is 17.1 Å². The summed E-state index contributed by atoms with van der Waals surface area (Å²) in [4.78, 5) is 40.1. The molecule has 2 heterocycles. The number of carbonyl (C=O) groups excluding carboxylic acids is 3. The van der Waals surface area contributed by atoms with Crippen LogP contribution < -0.4 is 15.4 Å².